The number of fused-ring (bicyclic) bond motifs is 1. The molecule has 0 aliphatic rings. The normalized spacial score (nSPS) is 14.0. The molecular weight excluding hydrogens is 300 g/mol. The van der Waals surface area contributed by atoms with Crippen LogP contribution in [-0.4, -0.2) is 0 Å². The van der Waals surface area contributed by atoms with Crippen molar-refractivity contribution in [1.82, 2.24) is 0 Å². The molecule has 134 valence electrons. The van der Waals surface area contributed by atoms with Gasteiger partial charge in [-0.3, -0.25) is 0 Å². The maximum absolute atomic E-state index is 2.36. The highest BCUT2D eigenvalue weighted by Crippen LogP contribution is 2.41. The summed E-state index contributed by atoms with van der Waals surface area (Å²) in [6.07, 6.45) is 12.6. The Hall–Kier alpha value is -1.82. The molecule has 0 N–H and O–H groups in total. The van der Waals surface area contributed by atoms with Gasteiger partial charge in [0.15, 0.2) is 0 Å². The van der Waals surface area contributed by atoms with Crippen molar-refractivity contribution in [1.29, 1.82) is 0 Å². The third kappa shape index (κ3) is 4.84. The summed E-state index contributed by atoms with van der Waals surface area (Å²) in [4.78, 5) is 0. The van der Waals surface area contributed by atoms with Crippen LogP contribution in [0.3, 0.4) is 0 Å². The average Bonchev–Trinajstić information content (AvgIpc) is 2.54. The molecule has 2 rings (SSSR count). The molecule has 2 aromatic carbocycles. The molecule has 0 aliphatic heterocycles. The maximum atomic E-state index is 2.36. The first kappa shape index (κ1) is 19.5. The molecule has 25 heavy (non-hydrogen) atoms. The minimum Gasteiger partial charge on any atom is -0.0870 e. The van der Waals surface area contributed by atoms with Gasteiger partial charge in [0.05, 0.1) is 0 Å². The molecule has 0 aromatic heterocycles. The van der Waals surface area contributed by atoms with Crippen LogP contribution in [0.15, 0.2) is 42.5 Å². The molecule has 0 heteroatoms. The lowest BCUT2D eigenvalue weighted by molar-refractivity contribution is 0.330. The quantitative estimate of drug-likeness (QED) is 0.499. The van der Waals surface area contributed by atoms with Crippen LogP contribution in [0, 0.1) is 5.41 Å². The van der Waals surface area contributed by atoms with Gasteiger partial charge in [-0.2, -0.15) is 0 Å². The van der Waals surface area contributed by atoms with Gasteiger partial charge >= 0.3 is 0 Å². The molecule has 0 aliphatic carbocycles. The van der Waals surface area contributed by atoms with Gasteiger partial charge in [0.1, 0.15) is 0 Å². The molecule has 0 heterocycles. The highest BCUT2D eigenvalue weighted by Gasteiger charge is 2.24. The summed E-state index contributed by atoms with van der Waals surface area (Å²) in [5.74, 6) is 0.589. The fraction of sp³-hybridized carbons (Fsp3) is 0.440. The summed E-state index contributed by atoms with van der Waals surface area (Å²) in [7, 11) is 0. The number of hydrogen-bond donors (Lipinski definition) is 0. The number of allylic oxidation sites excluding steroid dienone is 2. The van der Waals surface area contributed by atoms with Crippen molar-refractivity contribution in [2.24, 2.45) is 5.41 Å². The summed E-state index contributed by atoms with van der Waals surface area (Å²) < 4.78 is 0. The van der Waals surface area contributed by atoms with Crippen molar-refractivity contribution in [3.63, 3.8) is 0 Å². The summed E-state index contributed by atoms with van der Waals surface area (Å²) in [5, 5.41) is 2.78. The Bertz CT molecular complexity index is 753. The third-order valence-electron chi connectivity index (χ3n) is 4.75. The molecule has 2 aromatic rings. The lowest BCUT2D eigenvalue weighted by Gasteiger charge is -2.29. The van der Waals surface area contributed by atoms with Crippen LogP contribution in [0.1, 0.15) is 83.4 Å². The molecule has 1 atom stereocenters. The molecular formula is C25H34. The minimum absolute atomic E-state index is 0.324. The first-order chi connectivity index (χ1) is 11.9. The van der Waals surface area contributed by atoms with Crippen LogP contribution in [0.2, 0.25) is 0 Å². The number of rotatable bonds is 6. The Morgan fingerprint density at radius 2 is 1.68 bits per heavy atom. The van der Waals surface area contributed by atoms with E-state index in [0.717, 1.165) is 0 Å². The maximum Gasteiger partial charge on any atom is -0.0143 e. The van der Waals surface area contributed by atoms with Gasteiger partial charge in [-0.25, -0.2) is 0 Å². The summed E-state index contributed by atoms with van der Waals surface area (Å²) in [5.41, 5.74) is 4.61. The first-order valence-electron chi connectivity index (χ1n) is 9.72. The van der Waals surface area contributed by atoms with Crippen molar-refractivity contribution in [2.75, 3.05) is 0 Å². The SMILES string of the molecule is C/C=C\c1cc2ccccc2c(C(CCC)CC(C)(C)C)c1/C=C\C. The van der Waals surface area contributed by atoms with Crippen molar-refractivity contribution in [2.45, 2.75) is 66.7 Å². The lowest BCUT2D eigenvalue weighted by atomic mass is 9.75. The minimum atomic E-state index is 0.324. The predicted octanol–water partition coefficient (Wildman–Crippen LogP) is 8.23. The summed E-state index contributed by atoms with van der Waals surface area (Å²) in [6.45, 7) is 13.6. The molecule has 0 amide bonds. The monoisotopic (exact) mass is 334 g/mol. The predicted molar refractivity (Wildman–Crippen MR) is 115 cm³/mol. The fourth-order valence-electron chi connectivity index (χ4n) is 3.96. The van der Waals surface area contributed by atoms with Gasteiger partial charge in [-0.15, -0.1) is 0 Å². The topological polar surface area (TPSA) is 0 Å². The van der Waals surface area contributed by atoms with Crippen molar-refractivity contribution >= 4 is 22.9 Å². The molecule has 0 radical (unpaired) electrons. The average molecular weight is 335 g/mol. The Morgan fingerprint density at radius 3 is 2.28 bits per heavy atom. The van der Waals surface area contributed by atoms with E-state index in [1.165, 1.54) is 41.2 Å². The second-order valence-electron chi connectivity index (χ2n) is 8.26. The second kappa shape index (κ2) is 8.52. The van der Waals surface area contributed by atoms with Crippen molar-refractivity contribution in [3.8, 4) is 0 Å². The van der Waals surface area contributed by atoms with Crippen molar-refractivity contribution < 1.29 is 0 Å². The fourth-order valence-corrected chi connectivity index (χ4v) is 3.96. The molecule has 0 saturated carbocycles. The lowest BCUT2D eigenvalue weighted by Crippen LogP contribution is -2.14. The first-order valence-corrected chi connectivity index (χ1v) is 9.72. The van der Waals surface area contributed by atoms with Gasteiger partial charge in [-0.05, 0) is 71.6 Å². The highest BCUT2D eigenvalue weighted by molar-refractivity contribution is 5.92. The van der Waals surface area contributed by atoms with Crippen LogP contribution in [0.25, 0.3) is 22.9 Å². The van der Waals surface area contributed by atoms with E-state index in [9.17, 15) is 0 Å². The van der Waals surface area contributed by atoms with Crippen LogP contribution >= 0.6 is 0 Å². The highest BCUT2D eigenvalue weighted by atomic mass is 14.3. The Labute approximate surface area is 154 Å². The molecule has 0 bridgehead atoms. The van der Waals surface area contributed by atoms with E-state index in [4.69, 9.17) is 0 Å². The standard InChI is InChI=1S/C25H34/c1-7-12-19-17-20-15-10-11-16-23(20)24(22(19)14-9-3)21(13-8-2)18-25(4,5)6/h7,9-12,14-17,21H,8,13,18H2,1-6H3/b12-7-,14-9-. The van der Waals surface area contributed by atoms with E-state index in [1.807, 2.05) is 0 Å². The van der Waals surface area contributed by atoms with E-state index in [2.05, 4.69) is 96.2 Å². The largest absolute Gasteiger partial charge is 0.0870 e. The summed E-state index contributed by atoms with van der Waals surface area (Å²) in [6, 6.07) is 11.2. The van der Waals surface area contributed by atoms with E-state index < -0.39 is 0 Å². The smallest absolute Gasteiger partial charge is 0.0143 e. The zero-order valence-corrected chi connectivity index (χ0v) is 16.9. The summed E-state index contributed by atoms with van der Waals surface area (Å²) >= 11 is 0. The Morgan fingerprint density at radius 1 is 1.00 bits per heavy atom. The van der Waals surface area contributed by atoms with E-state index in [1.54, 1.807) is 5.56 Å². The third-order valence-corrected chi connectivity index (χ3v) is 4.75. The second-order valence-corrected chi connectivity index (χ2v) is 8.26. The van der Waals surface area contributed by atoms with Crippen LogP contribution in [0.5, 0.6) is 0 Å². The molecule has 0 spiro atoms. The van der Waals surface area contributed by atoms with E-state index >= 15 is 0 Å². The number of hydrogen-bond acceptors (Lipinski definition) is 0. The van der Waals surface area contributed by atoms with Crippen LogP contribution < -0.4 is 0 Å². The zero-order chi connectivity index (χ0) is 18.4. The Kier molecular flexibility index (Phi) is 6.64. The zero-order valence-electron chi connectivity index (χ0n) is 16.9. The molecule has 0 saturated heterocycles. The molecule has 1 unspecified atom stereocenters. The van der Waals surface area contributed by atoms with Crippen LogP contribution in [0.4, 0.5) is 0 Å². The van der Waals surface area contributed by atoms with Gasteiger partial charge < -0.3 is 0 Å². The van der Waals surface area contributed by atoms with Gasteiger partial charge in [0.2, 0.25) is 0 Å². The van der Waals surface area contributed by atoms with E-state index in [-0.39, 0.29) is 0 Å². The van der Waals surface area contributed by atoms with Gasteiger partial charge in [0, 0.05) is 0 Å². The number of benzene rings is 2. The molecule has 0 nitrogen and oxygen atoms in total. The van der Waals surface area contributed by atoms with Gasteiger partial charge in [0.25, 0.3) is 0 Å². The molecule has 0 fully saturated rings. The van der Waals surface area contributed by atoms with Crippen LogP contribution in [-0.2, 0) is 0 Å². The van der Waals surface area contributed by atoms with Crippen molar-refractivity contribution in [3.05, 3.63) is 59.2 Å². The van der Waals surface area contributed by atoms with Gasteiger partial charge in [-0.1, -0.05) is 82.7 Å². The van der Waals surface area contributed by atoms with E-state index in [0.29, 0.717) is 11.3 Å². The Balaban J connectivity index is 2.82.